The minimum absolute atomic E-state index is 0.0343. The highest BCUT2D eigenvalue weighted by Crippen LogP contribution is 2.27. The normalized spacial score (nSPS) is 11.2. The number of aliphatic hydroxyl groups is 1. The fourth-order valence-electron chi connectivity index (χ4n) is 1.31. The van der Waals surface area contributed by atoms with Crippen molar-refractivity contribution in [1.82, 2.24) is 4.98 Å². The van der Waals surface area contributed by atoms with E-state index in [2.05, 4.69) is 4.98 Å². The van der Waals surface area contributed by atoms with Crippen molar-refractivity contribution in [3.05, 3.63) is 47.5 Å². The molecule has 17 heavy (non-hydrogen) atoms. The molecule has 1 aromatic heterocycles. The average molecular weight is 247 g/mol. The summed E-state index contributed by atoms with van der Waals surface area (Å²) in [5.74, 6) is 0.306. The van der Waals surface area contributed by atoms with Crippen LogP contribution in [0.1, 0.15) is 5.69 Å². The van der Waals surface area contributed by atoms with Gasteiger partial charge in [-0.25, -0.2) is 4.98 Å². The molecule has 1 heterocycles. The topological polar surface area (TPSA) is 70.0 Å². The number of hydrogen-bond acceptors (Lipinski definition) is 4. The molecule has 0 aliphatic heterocycles. The Balaban J connectivity index is 2.44. The van der Waals surface area contributed by atoms with Crippen LogP contribution < -0.4 is 0 Å². The van der Waals surface area contributed by atoms with Gasteiger partial charge < -0.3 is 9.52 Å². The van der Waals surface area contributed by atoms with Gasteiger partial charge in [-0.15, -0.1) is 0 Å². The monoisotopic (exact) mass is 246 g/mol. The molecule has 1 N–H and O–H groups in total. The van der Waals surface area contributed by atoms with E-state index in [-0.39, 0.29) is 11.3 Å². The minimum Gasteiger partial charge on any atom is -0.514 e. The third kappa shape index (κ3) is 2.14. The van der Waals surface area contributed by atoms with Crippen LogP contribution in [-0.2, 0) is 0 Å². The Bertz CT molecular complexity index is 611. The molecule has 0 aliphatic carbocycles. The summed E-state index contributed by atoms with van der Waals surface area (Å²) in [5, 5.41) is 18.1. The minimum atomic E-state index is 0.0343. The van der Waals surface area contributed by atoms with Gasteiger partial charge in [0.1, 0.15) is 23.6 Å². The number of hydrogen-bond donors (Lipinski definition) is 1. The van der Waals surface area contributed by atoms with Crippen molar-refractivity contribution in [3.8, 4) is 17.5 Å². The van der Waals surface area contributed by atoms with E-state index in [1.165, 1.54) is 6.26 Å². The molecule has 84 valence electrons. The summed E-state index contributed by atoms with van der Waals surface area (Å²) in [7, 11) is 0. The number of benzene rings is 1. The van der Waals surface area contributed by atoms with Gasteiger partial charge in [-0.2, -0.15) is 5.26 Å². The number of nitrogens with zero attached hydrogens (tertiary/aromatic N) is 2. The molecule has 0 radical (unpaired) electrons. The summed E-state index contributed by atoms with van der Waals surface area (Å²) in [6.45, 7) is 0. The number of aromatic nitrogens is 1. The Hall–Kier alpha value is -2.25. The van der Waals surface area contributed by atoms with Gasteiger partial charge in [0, 0.05) is 0 Å². The highest BCUT2D eigenvalue weighted by Gasteiger charge is 2.12. The zero-order valence-electron chi connectivity index (χ0n) is 8.59. The lowest BCUT2D eigenvalue weighted by Crippen LogP contribution is -1.83. The van der Waals surface area contributed by atoms with Crippen LogP contribution >= 0.6 is 11.6 Å². The molecule has 4 nitrogen and oxygen atoms in total. The van der Waals surface area contributed by atoms with E-state index in [1.54, 1.807) is 30.3 Å². The van der Waals surface area contributed by atoms with E-state index in [0.717, 1.165) is 0 Å². The van der Waals surface area contributed by atoms with E-state index in [0.29, 0.717) is 22.7 Å². The fourth-order valence-corrected chi connectivity index (χ4v) is 1.52. The van der Waals surface area contributed by atoms with Gasteiger partial charge in [0.15, 0.2) is 0 Å². The molecule has 0 aliphatic rings. The molecule has 5 heteroatoms. The molecule has 0 fully saturated rings. The quantitative estimate of drug-likeness (QED) is 0.651. The highest BCUT2D eigenvalue weighted by atomic mass is 35.5. The van der Waals surface area contributed by atoms with Crippen molar-refractivity contribution in [2.45, 2.75) is 0 Å². The van der Waals surface area contributed by atoms with Gasteiger partial charge in [-0.3, -0.25) is 0 Å². The van der Waals surface area contributed by atoms with Gasteiger partial charge in [0.25, 0.3) is 0 Å². The Kier molecular flexibility index (Phi) is 3.12. The van der Waals surface area contributed by atoms with Crippen LogP contribution in [0.25, 0.3) is 17.0 Å². The smallest absolute Gasteiger partial charge is 0.228 e. The standard InChI is InChI=1S/C12H7ClN2O2/c13-10-4-2-1-3-9(10)12-15-11(7-17-12)8(5-14)6-16/h1-4,6-7,16H. The number of allylic oxidation sites excluding steroid dienone is 1. The predicted molar refractivity (Wildman–Crippen MR) is 63.2 cm³/mol. The van der Waals surface area contributed by atoms with Gasteiger partial charge in [0.2, 0.25) is 5.89 Å². The third-order valence-electron chi connectivity index (χ3n) is 2.13. The average Bonchev–Trinajstić information content (AvgIpc) is 2.81. The maximum absolute atomic E-state index is 8.82. The Morgan fingerprint density at radius 1 is 1.47 bits per heavy atom. The Labute approximate surface area is 102 Å². The van der Waals surface area contributed by atoms with Crippen molar-refractivity contribution in [2.75, 3.05) is 0 Å². The summed E-state index contributed by atoms with van der Waals surface area (Å²) in [4.78, 5) is 4.08. The van der Waals surface area contributed by atoms with Crippen LogP contribution in [-0.4, -0.2) is 10.1 Å². The summed E-state index contributed by atoms with van der Waals surface area (Å²) in [6, 6.07) is 8.88. The first-order valence-corrected chi connectivity index (χ1v) is 5.09. The number of rotatable bonds is 2. The maximum Gasteiger partial charge on any atom is 0.228 e. The van der Waals surface area contributed by atoms with Crippen LogP contribution in [0.2, 0.25) is 5.02 Å². The summed E-state index contributed by atoms with van der Waals surface area (Å²) < 4.78 is 5.22. The van der Waals surface area contributed by atoms with Gasteiger partial charge in [-0.1, -0.05) is 23.7 Å². The molecule has 0 saturated heterocycles. The zero-order chi connectivity index (χ0) is 12.3. The first-order valence-electron chi connectivity index (χ1n) is 4.71. The van der Waals surface area contributed by atoms with Gasteiger partial charge >= 0.3 is 0 Å². The van der Waals surface area contributed by atoms with Crippen molar-refractivity contribution in [3.63, 3.8) is 0 Å². The Morgan fingerprint density at radius 2 is 2.24 bits per heavy atom. The first-order chi connectivity index (χ1) is 8.26. The second-order valence-corrected chi connectivity index (χ2v) is 3.58. The van der Waals surface area contributed by atoms with E-state index in [4.69, 9.17) is 26.4 Å². The lowest BCUT2D eigenvalue weighted by Gasteiger charge is -1.96. The van der Waals surface area contributed by atoms with Crippen LogP contribution in [0.3, 0.4) is 0 Å². The van der Waals surface area contributed by atoms with Gasteiger partial charge in [0.05, 0.1) is 16.8 Å². The fraction of sp³-hybridized carbons (Fsp3) is 0. The summed E-state index contributed by atoms with van der Waals surface area (Å²) >= 11 is 5.99. The molecule has 2 rings (SSSR count). The van der Waals surface area contributed by atoms with Crippen molar-refractivity contribution in [2.24, 2.45) is 0 Å². The Morgan fingerprint density at radius 3 is 2.88 bits per heavy atom. The lowest BCUT2D eigenvalue weighted by atomic mass is 10.2. The van der Waals surface area contributed by atoms with Crippen LogP contribution in [0.15, 0.2) is 41.2 Å². The second-order valence-electron chi connectivity index (χ2n) is 3.17. The molecular formula is C12H7ClN2O2. The second kappa shape index (κ2) is 4.73. The largest absolute Gasteiger partial charge is 0.514 e. The maximum atomic E-state index is 8.82. The number of oxazole rings is 1. The molecule has 1 aromatic carbocycles. The molecule has 0 saturated carbocycles. The van der Waals surface area contributed by atoms with E-state index >= 15 is 0 Å². The van der Waals surface area contributed by atoms with Gasteiger partial charge in [-0.05, 0) is 12.1 Å². The first kappa shape index (κ1) is 11.2. The molecule has 0 amide bonds. The van der Waals surface area contributed by atoms with Crippen LogP contribution in [0.4, 0.5) is 0 Å². The van der Waals surface area contributed by atoms with Crippen molar-refractivity contribution >= 4 is 17.2 Å². The third-order valence-corrected chi connectivity index (χ3v) is 2.46. The van der Waals surface area contributed by atoms with Crippen LogP contribution in [0, 0.1) is 11.3 Å². The SMILES string of the molecule is N#CC(=CO)c1coc(-c2ccccc2Cl)n1. The zero-order valence-corrected chi connectivity index (χ0v) is 9.35. The molecular weight excluding hydrogens is 240 g/mol. The van der Waals surface area contributed by atoms with Crippen LogP contribution in [0.5, 0.6) is 0 Å². The summed E-state index contributed by atoms with van der Waals surface area (Å²) in [6.07, 6.45) is 1.98. The lowest BCUT2D eigenvalue weighted by molar-refractivity contribution is 0.476. The number of nitriles is 1. The molecule has 2 aromatic rings. The van der Waals surface area contributed by atoms with E-state index in [1.807, 2.05) is 0 Å². The number of halogens is 1. The predicted octanol–water partition coefficient (Wildman–Crippen LogP) is 3.42. The molecule has 0 bridgehead atoms. The van der Waals surface area contributed by atoms with Crippen molar-refractivity contribution in [1.29, 1.82) is 5.26 Å². The molecule has 0 atom stereocenters. The number of aliphatic hydroxyl groups excluding tert-OH is 1. The molecule has 0 unspecified atom stereocenters. The van der Waals surface area contributed by atoms with E-state index < -0.39 is 0 Å². The van der Waals surface area contributed by atoms with E-state index in [9.17, 15) is 0 Å². The van der Waals surface area contributed by atoms with Crippen molar-refractivity contribution < 1.29 is 9.52 Å². The molecule has 0 spiro atoms. The summed E-state index contributed by atoms with van der Waals surface area (Å²) in [5.41, 5.74) is 0.938. The highest BCUT2D eigenvalue weighted by molar-refractivity contribution is 6.33.